The van der Waals surface area contributed by atoms with Crippen LogP contribution >= 0.6 is 0 Å². The molecule has 0 spiro atoms. The molecule has 2 unspecified atom stereocenters. The van der Waals surface area contributed by atoms with E-state index >= 15 is 0 Å². The lowest BCUT2D eigenvalue weighted by atomic mass is 9.88. The minimum Gasteiger partial charge on any atom is -0.455 e. The highest BCUT2D eigenvalue weighted by Gasteiger charge is 2.38. The van der Waals surface area contributed by atoms with E-state index in [-0.39, 0.29) is 42.3 Å². The molecule has 1 aliphatic heterocycles. The summed E-state index contributed by atoms with van der Waals surface area (Å²) in [6, 6.07) is 0. The molecule has 6 heteroatoms. The standard InChI is InChI=1S/C21H28O6/c1-5-26-18-11-15(22)10-14(12(2)3)6-7-16-20(24)19(27-21(16)25)9-13(4)8-17(18)23/h7-8,14,18-20,24H,2,5-6,9-11H2,1,3-4H3/b13-8-,16-7-/t14?,18-,19?,20-/m0/s1. The monoisotopic (exact) mass is 376 g/mol. The summed E-state index contributed by atoms with van der Waals surface area (Å²) >= 11 is 0. The Labute approximate surface area is 159 Å². The van der Waals surface area contributed by atoms with Gasteiger partial charge in [0.05, 0.1) is 5.57 Å². The first kappa shape index (κ1) is 21.3. The fraction of sp³-hybridized carbons (Fsp3) is 0.571. The van der Waals surface area contributed by atoms with Crippen LogP contribution in [0.2, 0.25) is 0 Å². The van der Waals surface area contributed by atoms with Crippen molar-refractivity contribution in [3.63, 3.8) is 0 Å². The largest absolute Gasteiger partial charge is 0.455 e. The van der Waals surface area contributed by atoms with Crippen LogP contribution in [0.15, 0.2) is 35.5 Å². The van der Waals surface area contributed by atoms with Gasteiger partial charge in [0.15, 0.2) is 5.78 Å². The predicted octanol–water partition coefficient (Wildman–Crippen LogP) is 2.46. The number of Topliss-reactive ketones (excluding diaryl/α,β-unsaturated/α-hetero) is 1. The van der Waals surface area contributed by atoms with Crippen LogP contribution < -0.4 is 0 Å². The summed E-state index contributed by atoms with van der Waals surface area (Å²) in [7, 11) is 0. The van der Waals surface area contributed by atoms with Gasteiger partial charge in [0.25, 0.3) is 0 Å². The molecule has 0 aromatic carbocycles. The molecule has 2 bridgehead atoms. The van der Waals surface area contributed by atoms with Crippen LogP contribution in [0.1, 0.15) is 46.5 Å². The average molecular weight is 376 g/mol. The van der Waals surface area contributed by atoms with Crippen LogP contribution in [0.4, 0.5) is 0 Å². The number of ketones is 2. The lowest BCUT2D eigenvalue weighted by Crippen LogP contribution is -2.28. The molecule has 0 aromatic rings. The molecule has 2 aliphatic rings. The van der Waals surface area contributed by atoms with Crippen LogP contribution in [-0.2, 0) is 23.9 Å². The summed E-state index contributed by atoms with van der Waals surface area (Å²) in [5.41, 5.74) is 1.67. The highest BCUT2D eigenvalue weighted by molar-refractivity contribution is 5.97. The average Bonchev–Trinajstić information content (AvgIpc) is 2.83. The number of rotatable bonds is 3. The van der Waals surface area contributed by atoms with Crippen molar-refractivity contribution in [2.45, 2.75) is 64.8 Å². The van der Waals surface area contributed by atoms with Crippen LogP contribution in [0.25, 0.3) is 0 Å². The Morgan fingerprint density at radius 1 is 1.30 bits per heavy atom. The Hall–Kier alpha value is -2.05. The van der Waals surface area contributed by atoms with Crippen LogP contribution in [0, 0.1) is 5.92 Å². The minimum atomic E-state index is -1.05. The second-order valence-corrected chi connectivity index (χ2v) is 7.32. The smallest absolute Gasteiger partial charge is 0.336 e. The summed E-state index contributed by atoms with van der Waals surface area (Å²) in [5, 5.41) is 10.4. The van der Waals surface area contributed by atoms with E-state index in [0.717, 1.165) is 5.57 Å². The third kappa shape index (κ3) is 5.47. The second-order valence-electron chi connectivity index (χ2n) is 7.32. The van der Waals surface area contributed by atoms with Gasteiger partial charge < -0.3 is 14.6 Å². The number of carbonyl (C=O) groups is 3. The third-order valence-corrected chi connectivity index (χ3v) is 4.97. The van der Waals surface area contributed by atoms with Gasteiger partial charge >= 0.3 is 5.97 Å². The topological polar surface area (TPSA) is 89.9 Å². The molecule has 2 rings (SSSR count). The number of hydrogen-bond acceptors (Lipinski definition) is 6. The van der Waals surface area contributed by atoms with Gasteiger partial charge in [0.2, 0.25) is 0 Å². The van der Waals surface area contributed by atoms with E-state index in [9.17, 15) is 19.5 Å². The van der Waals surface area contributed by atoms with Gasteiger partial charge in [0.1, 0.15) is 24.1 Å². The lowest BCUT2D eigenvalue weighted by Gasteiger charge is -2.19. The van der Waals surface area contributed by atoms with Crippen molar-refractivity contribution in [3.8, 4) is 0 Å². The summed E-state index contributed by atoms with van der Waals surface area (Å²) < 4.78 is 10.8. The maximum atomic E-state index is 12.5. The van der Waals surface area contributed by atoms with Crippen LogP contribution in [0.3, 0.4) is 0 Å². The van der Waals surface area contributed by atoms with Crippen molar-refractivity contribution < 1.29 is 29.0 Å². The Morgan fingerprint density at radius 2 is 2.00 bits per heavy atom. The number of ether oxygens (including phenoxy) is 2. The van der Waals surface area contributed by atoms with Crippen molar-refractivity contribution in [2.75, 3.05) is 6.61 Å². The summed E-state index contributed by atoms with van der Waals surface area (Å²) in [6.07, 6.45) is 1.32. The first-order valence-corrected chi connectivity index (χ1v) is 9.31. The van der Waals surface area contributed by atoms with E-state index in [4.69, 9.17) is 9.47 Å². The van der Waals surface area contributed by atoms with Crippen molar-refractivity contribution >= 4 is 17.5 Å². The molecule has 1 N–H and O–H groups in total. The first-order valence-electron chi connectivity index (χ1n) is 9.31. The highest BCUT2D eigenvalue weighted by Crippen LogP contribution is 2.29. The second kappa shape index (κ2) is 9.24. The zero-order valence-electron chi connectivity index (χ0n) is 16.2. The Balaban J connectivity index is 2.36. The molecule has 27 heavy (non-hydrogen) atoms. The maximum absolute atomic E-state index is 12.5. The number of esters is 1. The van der Waals surface area contributed by atoms with Gasteiger partial charge in [-0.1, -0.05) is 23.8 Å². The molecular weight excluding hydrogens is 348 g/mol. The molecule has 4 atom stereocenters. The normalized spacial score (nSPS) is 34.1. The van der Waals surface area contributed by atoms with Gasteiger partial charge in [-0.2, -0.15) is 0 Å². The first-order chi connectivity index (χ1) is 12.7. The predicted molar refractivity (Wildman–Crippen MR) is 99.9 cm³/mol. The Morgan fingerprint density at radius 3 is 2.63 bits per heavy atom. The fourth-order valence-electron chi connectivity index (χ4n) is 3.40. The maximum Gasteiger partial charge on any atom is 0.336 e. The molecule has 0 saturated carbocycles. The third-order valence-electron chi connectivity index (χ3n) is 4.97. The number of aliphatic hydroxyl groups is 1. The van der Waals surface area contributed by atoms with Crippen molar-refractivity contribution in [2.24, 2.45) is 5.92 Å². The Kier molecular flexibility index (Phi) is 7.27. The molecule has 1 saturated heterocycles. The summed E-state index contributed by atoms with van der Waals surface area (Å²) in [4.78, 5) is 37.2. The quantitative estimate of drug-likeness (QED) is 0.601. The zero-order valence-corrected chi connectivity index (χ0v) is 16.2. The number of allylic oxidation sites excluding steroid dienone is 2. The minimum absolute atomic E-state index is 0.0122. The molecule has 1 heterocycles. The van der Waals surface area contributed by atoms with Gasteiger partial charge in [-0.05, 0) is 39.2 Å². The lowest BCUT2D eigenvalue weighted by molar-refractivity contribution is -0.139. The molecule has 1 aliphatic carbocycles. The van der Waals surface area contributed by atoms with E-state index < -0.39 is 24.3 Å². The highest BCUT2D eigenvalue weighted by atomic mass is 16.6. The molecule has 0 radical (unpaired) electrons. The van der Waals surface area contributed by atoms with Gasteiger partial charge in [-0.25, -0.2) is 4.79 Å². The van der Waals surface area contributed by atoms with E-state index in [0.29, 0.717) is 18.6 Å². The fourth-order valence-corrected chi connectivity index (χ4v) is 3.40. The van der Waals surface area contributed by atoms with Crippen molar-refractivity contribution in [1.29, 1.82) is 0 Å². The van der Waals surface area contributed by atoms with Gasteiger partial charge in [-0.15, -0.1) is 0 Å². The number of carbonyl (C=O) groups excluding carboxylic acids is 3. The number of fused-ring (bicyclic) bond motifs is 2. The van der Waals surface area contributed by atoms with Crippen molar-refractivity contribution in [3.05, 3.63) is 35.5 Å². The van der Waals surface area contributed by atoms with E-state index in [1.807, 2.05) is 6.92 Å². The van der Waals surface area contributed by atoms with Crippen LogP contribution in [0.5, 0.6) is 0 Å². The van der Waals surface area contributed by atoms with Crippen LogP contribution in [-0.4, -0.2) is 47.6 Å². The SMILES string of the molecule is C=C(C)C1C/C=C2\C(=O)OC(C/C(C)=C\C(=O)[C@@H](OCC)CC(=O)C1)[C@H]2O. The van der Waals surface area contributed by atoms with E-state index in [1.54, 1.807) is 19.9 Å². The molecule has 1 fully saturated rings. The van der Waals surface area contributed by atoms with E-state index in [1.165, 1.54) is 6.08 Å². The van der Waals surface area contributed by atoms with Gasteiger partial charge in [0, 0.05) is 25.9 Å². The van der Waals surface area contributed by atoms with Crippen molar-refractivity contribution in [1.82, 2.24) is 0 Å². The molecular formula is C21H28O6. The zero-order chi connectivity index (χ0) is 20.1. The van der Waals surface area contributed by atoms with E-state index in [2.05, 4.69) is 6.58 Å². The Bertz CT molecular complexity index is 687. The summed E-state index contributed by atoms with van der Waals surface area (Å²) in [6.45, 7) is 9.58. The molecule has 0 aromatic heterocycles. The molecule has 6 nitrogen and oxygen atoms in total. The van der Waals surface area contributed by atoms with Gasteiger partial charge in [-0.3, -0.25) is 9.59 Å². The summed E-state index contributed by atoms with van der Waals surface area (Å²) in [5.74, 6) is -1.12. The molecule has 0 amide bonds. The number of hydrogen-bond donors (Lipinski definition) is 1. The number of aliphatic hydroxyl groups excluding tert-OH is 1. The molecule has 148 valence electrons.